The van der Waals surface area contributed by atoms with Gasteiger partial charge in [0.1, 0.15) is 17.5 Å². The molecular formula is C29H27N3O4. The van der Waals surface area contributed by atoms with Gasteiger partial charge in [-0.15, -0.1) is 0 Å². The van der Waals surface area contributed by atoms with E-state index in [0.717, 1.165) is 22.0 Å². The Morgan fingerprint density at radius 3 is 2.50 bits per heavy atom. The summed E-state index contributed by atoms with van der Waals surface area (Å²) in [4.78, 5) is 36.4. The van der Waals surface area contributed by atoms with Crippen molar-refractivity contribution in [3.8, 4) is 11.5 Å². The number of benzene rings is 2. The van der Waals surface area contributed by atoms with Crippen molar-refractivity contribution in [1.82, 2.24) is 9.97 Å². The molecule has 0 saturated carbocycles. The molecule has 2 heterocycles. The van der Waals surface area contributed by atoms with Crippen LogP contribution in [-0.4, -0.2) is 41.9 Å². The average Bonchev–Trinajstić information content (AvgIpc) is 3.44. The Bertz CT molecular complexity index is 1450. The van der Waals surface area contributed by atoms with E-state index in [0.29, 0.717) is 34.9 Å². The Balaban J connectivity index is 1.67. The van der Waals surface area contributed by atoms with Crippen LogP contribution in [0.2, 0.25) is 0 Å². The van der Waals surface area contributed by atoms with Gasteiger partial charge in [-0.05, 0) is 47.9 Å². The second kappa shape index (κ2) is 9.70. The zero-order valence-electron chi connectivity index (χ0n) is 20.4. The topological polar surface area (TPSA) is 84.5 Å². The van der Waals surface area contributed by atoms with Crippen LogP contribution in [0.15, 0.2) is 67.0 Å². The average molecular weight is 482 g/mol. The van der Waals surface area contributed by atoms with Crippen LogP contribution in [0.25, 0.3) is 17.0 Å². The van der Waals surface area contributed by atoms with Crippen molar-refractivity contribution in [2.75, 3.05) is 19.1 Å². The van der Waals surface area contributed by atoms with Crippen molar-refractivity contribution in [2.24, 2.45) is 0 Å². The summed E-state index contributed by atoms with van der Waals surface area (Å²) in [7, 11) is 3.23. The maximum Gasteiger partial charge on any atom is 0.227 e. The first-order valence-corrected chi connectivity index (χ1v) is 11.8. The van der Waals surface area contributed by atoms with Crippen molar-refractivity contribution < 1.29 is 19.1 Å². The molecule has 0 fully saturated rings. The zero-order chi connectivity index (χ0) is 25.2. The van der Waals surface area contributed by atoms with Crippen molar-refractivity contribution in [2.45, 2.75) is 25.8 Å². The summed E-state index contributed by atoms with van der Waals surface area (Å²) in [6, 6.07) is 14.5. The van der Waals surface area contributed by atoms with E-state index in [1.54, 1.807) is 50.6 Å². The van der Waals surface area contributed by atoms with E-state index in [-0.39, 0.29) is 18.1 Å². The summed E-state index contributed by atoms with van der Waals surface area (Å²) < 4.78 is 10.9. The Morgan fingerprint density at radius 2 is 1.83 bits per heavy atom. The fraction of sp³-hybridized carbons (Fsp3) is 0.207. The standard InChI is InChI=1S/C29H27N3O4/c1-4-27(33)32(19-11-12-30-17-19)26-10-9-25-28(29(26)34)23(22-7-5-6-8-24(22)31-25)15-18-13-20(35-2)16-21(14-18)36-3/h5-14,16-17,26,30H,4,15H2,1-3H3. The minimum absolute atomic E-state index is 0.131. The van der Waals surface area contributed by atoms with Gasteiger partial charge >= 0.3 is 0 Å². The van der Waals surface area contributed by atoms with Crippen LogP contribution >= 0.6 is 0 Å². The predicted molar refractivity (Wildman–Crippen MR) is 140 cm³/mol. The number of carbonyl (C=O) groups excluding carboxylic acids is 2. The molecular weight excluding hydrogens is 454 g/mol. The van der Waals surface area contributed by atoms with Gasteiger partial charge in [-0.3, -0.25) is 14.5 Å². The number of aromatic amines is 1. The predicted octanol–water partition coefficient (Wildman–Crippen LogP) is 5.19. The number of hydrogen-bond donors (Lipinski definition) is 1. The molecule has 2 aromatic carbocycles. The first kappa shape index (κ1) is 23.4. The summed E-state index contributed by atoms with van der Waals surface area (Å²) in [5.41, 5.74) is 4.41. The van der Waals surface area contributed by atoms with E-state index < -0.39 is 6.04 Å². The van der Waals surface area contributed by atoms with Crippen LogP contribution in [0.1, 0.15) is 40.5 Å². The van der Waals surface area contributed by atoms with Crippen LogP contribution < -0.4 is 14.4 Å². The van der Waals surface area contributed by atoms with Crippen LogP contribution in [0.5, 0.6) is 11.5 Å². The Morgan fingerprint density at radius 1 is 1.08 bits per heavy atom. The van der Waals surface area contributed by atoms with Crippen molar-refractivity contribution >= 4 is 34.4 Å². The number of Topliss-reactive ketones (excluding diaryl/α,β-unsaturated/α-hetero) is 1. The molecule has 1 aliphatic rings. The van der Waals surface area contributed by atoms with Crippen LogP contribution in [0, 0.1) is 0 Å². The Hall–Kier alpha value is -4.39. The van der Waals surface area contributed by atoms with Crippen LogP contribution in [0.4, 0.5) is 5.69 Å². The van der Waals surface area contributed by atoms with Gasteiger partial charge in [-0.1, -0.05) is 31.2 Å². The van der Waals surface area contributed by atoms with Gasteiger partial charge in [0.05, 0.1) is 36.7 Å². The fourth-order valence-electron chi connectivity index (χ4n) is 4.77. The quantitative estimate of drug-likeness (QED) is 0.393. The number of amides is 1. The van der Waals surface area contributed by atoms with E-state index in [2.05, 4.69) is 4.98 Å². The van der Waals surface area contributed by atoms with Gasteiger partial charge in [0.25, 0.3) is 0 Å². The van der Waals surface area contributed by atoms with Crippen molar-refractivity contribution in [1.29, 1.82) is 0 Å². The molecule has 36 heavy (non-hydrogen) atoms. The number of anilines is 1. The lowest BCUT2D eigenvalue weighted by Gasteiger charge is -2.31. The number of fused-ring (bicyclic) bond motifs is 2. The lowest BCUT2D eigenvalue weighted by Crippen LogP contribution is -2.45. The number of methoxy groups -OCH3 is 2. The summed E-state index contributed by atoms with van der Waals surface area (Å²) >= 11 is 0. The third kappa shape index (κ3) is 4.13. The second-order valence-corrected chi connectivity index (χ2v) is 8.62. The summed E-state index contributed by atoms with van der Waals surface area (Å²) in [5, 5.41) is 0.899. The highest BCUT2D eigenvalue weighted by Crippen LogP contribution is 2.34. The molecule has 4 aromatic rings. The molecule has 7 heteroatoms. The SMILES string of the molecule is CCC(=O)N(c1cc[nH]c1)C1C=Cc2nc3ccccc3c(Cc3cc(OC)cc(OC)c3)c2C1=O. The highest BCUT2D eigenvalue weighted by atomic mass is 16.5. The minimum Gasteiger partial charge on any atom is -0.497 e. The zero-order valence-corrected chi connectivity index (χ0v) is 20.4. The maximum atomic E-state index is 14.1. The van der Waals surface area contributed by atoms with Crippen LogP contribution in [0.3, 0.4) is 0 Å². The third-order valence-corrected chi connectivity index (χ3v) is 6.48. The van der Waals surface area contributed by atoms with Gasteiger partial charge in [0.2, 0.25) is 5.91 Å². The lowest BCUT2D eigenvalue weighted by molar-refractivity contribution is -0.118. The molecule has 7 nitrogen and oxygen atoms in total. The molecule has 0 spiro atoms. The summed E-state index contributed by atoms with van der Waals surface area (Å²) in [6.07, 6.45) is 7.84. The number of hydrogen-bond acceptors (Lipinski definition) is 5. The molecule has 0 bridgehead atoms. The highest BCUT2D eigenvalue weighted by molar-refractivity contribution is 6.15. The van der Waals surface area contributed by atoms with E-state index >= 15 is 0 Å². The summed E-state index contributed by atoms with van der Waals surface area (Å²) in [5.74, 6) is 1.06. The third-order valence-electron chi connectivity index (χ3n) is 6.48. The van der Waals surface area contributed by atoms with Gasteiger partial charge in [-0.2, -0.15) is 0 Å². The molecule has 182 valence electrons. The molecule has 5 rings (SSSR count). The van der Waals surface area contributed by atoms with E-state index in [9.17, 15) is 9.59 Å². The van der Waals surface area contributed by atoms with Crippen molar-refractivity contribution in [3.05, 3.63) is 89.4 Å². The number of rotatable bonds is 7. The normalized spacial score (nSPS) is 14.5. The lowest BCUT2D eigenvalue weighted by atomic mass is 9.86. The number of nitrogens with zero attached hydrogens (tertiary/aromatic N) is 2. The Labute approximate surface area is 209 Å². The van der Waals surface area contributed by atoms with Gasteiger partial charge in [-0.25, -0.2) is 4.98 Å². The molecule has 1 unspecified atom stereocenters. The monoisotopic (exact) mass is 481 g/mol. The second-order valence-electron chi connectivity index (χ2n) is 8.62. The van der Waals surface area contributed by atoms with E-state index in [4.69, 9.17) is 14.5 Å². The molecule has 1 amide bonds. The number of carbonyl (C=O) groups is 2. The first-order valence-electron chi connectivity index (χ1n) is 11.8. The number of aromatic nitrogens is 2. The van der Waals surface area contributed by atoms with Gasteiger partial charge < -0.3 is 14.5 Å². The largest absolute Gasteiger partial charge is 0.497 e. The van der Waals surface area contributed by atoms with Crippen LogP contribution in [-0.2, 0) is 11.2 Å². The van der Waals surface area contributed by atoms with E-state index in [1.807, 2.05) is 48.5 Å². The fourth-order valence-corrected chi connectivity index (χ4v) is 4.77. The highest BCUT2D eigenvalue weighted by Gasteiger charge is 2.35. The summed E-state index contributed by atoms with van der Waals surface area (Å²) in [6.45, 7) is 1.80. The number of ketones is 1. The number of pyridine rings is 1. The molecule has 0 radical (unpaired) electrons. The molecule has 1 N–H and O–H groups in total. The molecule has 1 atom stereocenters. The number of para-hydroxylation sites is 1. The Kier molecular flexibility index (Phi) is 6.29. The van der Waals surface area contributed by atoms with Crippen molar-refractivity contribution in [3.63, 3.8) is 0 Å². The minimum atomic E-state index is -0.762. The number of H-pyrrole nitrogens is 1. The molecule has 0 saturated heterocycles. The van der Waals surface area contributed by atoms with Gasteiger partial charge in [0.15, 0.2) is 5.78 Å². The molecule has 0 aliphatic heterocycles. The van der Waals surface area contributed by atoms with E-state index in [1.165, 1.54) is 0 Å². The number of nitrogens with one attached hydrogen (secondary N) is 1. The van der Waals surface area contributed by atoms with Gasteiger partial charge in [0, 0.05) is 30.3 Å². The molecule has 1 aliphatic carbocycles. The first-order chi connectivity index (χ1) is 17.5. The molecule has 2 aromatic heterocycles. The number of ether oxygens (including phenoxy) is 2. The maximum absolute atomic E-state index is 14.1. The smallest absolute Gasteiger partial charge is 0.227 e.